The maximum atomic E-state index is 11.3. The summed E-state index contributed by atoms with van der Waals surface area (Å²) in [5.74, 6) is 0.598. The monoisotopic (exact) mass is 261 g/mol. The van der Waals surface area contributed by atoms with E-state index in [0.717, 1.165) is 24.2 Å². The van der Waals surface area contributed by atoms with Crippen LogP contribution < -0.4 is 21.1 Å². The molecule has 5 heteroatoms. The highest BCUT2D eigenvalue weighted by Gasteiger charge is 2.23. The number of anilines is 1. The molecule has 0 radical (unpaired) electrons. The van der Waals surface area contributed by atoms with Gasteiger partial charge in [-0.05, 0) is 37.1 Å². The number of carbonyl (C=O) groups excluding carboxylic acids is 1. The van der Waals surface area contributed by atoms with E-state index < -0.39 is 0 Å². The Kier molecular flexibility index (Phi) is 3.40. The van der Waals surface area contributed by atoms with Gasteiger partial charge in [0.25, 0.3) is 5.91 Å². The molecule has 1 fully saturated rings. The summed E-state index contributed by atoms with van der Waals surface area (Å²) in [7, 11) is 0. The lowest BCUT2D eigenvalue weighted by atomic mass is 9.93. The van der Waals surface area contributed by atoms with Crippen molar-refractivity contribution in [3.8, 4) is 5.75 Å². The molecule has 2 heterocycles. The third kappa shape index (κ3) is 2.57. The number of fused-ring (bicyclic) bond motifs is 1. The lowest BCUT2D eigenvalue weighted by Gasteiger charge is -2.30. The average Bonchev–Trinajstić information content (AvgIpc) is 2.46. The number of nitrogens with two attached hydrogens (primary N) is 1. The van der Waals surface area contributed by atoms with Gasteiger partial charge in [-0.25, -0.2) is 0 Å². The molecule has 3 rings (SSSR count). The summed E-state index contributed by atoms with van der Waals surface area (Å²) in [6.07, 6.45) is 3.54. The van der Waals surface area contributed by atoms with Crippen molar-refractivity contribution in [1.82, 2.24) is 5.32 Å². The number of piperidine rings is 1. The summed E-state index contributed by atoms with van der Waals surface area (Å²) in [6, 6.07) is 6.05. The van der Waals surface area contributed by atoms with Gasteiger partial charge in [0.1, 0.15) is 5.75 Å². The topological polar surface area (TPSA) is 76.4 Å². The van der Waals surface area contributed by atoms with Gasteiger partial charge in [0.2, 0.25) is 0 Å². The third-order valence-electron chi connectivity index (χ3n) is 3.80. The van der Waals surface area contributed by atoms with Crippen LogP contribution in [0.5, 0.6) is 5.75 Å². The molecule has 0 bridgehead atoms. The summed E-state index contributed by atoms with van der Waals surface area (Å²) >= 11 is 0. The van der Waals surface area contributed by atoms with E-state index in [9.17, 15) is 4.79 Å². The van der Waals surface area contributed by atoms with Crippen LogP contribution in [0.15, 0.2) is 18.2 Å². The van der Waals surface area contributed by atoms with Crippen LogP contribution in [0.3, 0.4) is 0 Å². The zero-order chi connectivity index (χ0) is 13.2. The molecule has 1 aromatic carbocycles. The number of ether oxygens (including phenoxy) is 1. The molecule has 4 N–H and O–H groups in total. The summed E-state index contributed by atoms with van der Waals surface area (Å²) in [5.41, 5.74) is 8.08. The van der Waals surface area contributed by atoms with E-state index in [-0.39, 0.29) is 18.6 Å². The van der Waals surface area contributed by atoms with Crippen molar-refractivity contribution in [2.75, 3.05) is 18.5 Å². The molecule has 1 amide bonds. The Morgan fingerprint density at radius 3 is 3.05 bits per heavy atom. The van der Waals surface area contributed by atoms with Crippen molar-refractivity contribution < 1.29 is 9.53 Å². The van der Waals surface area contributed by atoms with Crippen LogP contribution in [0.2, 0.25) is 0 Å². The molecule has 2 atom stereocenters. The van der Waals surface area contributed by atoms with Crippen molar-refractivity contribution in [3.63, 3.8) is 0 Å². The van der Waals surface area contributed by atoms with Crippen LogP contribution in [0, 0.1) is 0 Å². The molecule has 1 aromatic rings. The van der Waals surface area contributed by atoms with Crippen LogP contribution in [0.25, 0.3) is 0 Å². The van der Waals surface area contributed by atoms with E-state index in [0.29, 0.717) is 11.8 Å². The van der Waals surface area contributed by atoms with Gasteiger partial charge in [-0.15, -0.1) is 0 Å². The van der Waals surface area contributed by atoms with E-state index >= 15 is 0 Å². The lowest BCUT2D eigenvalue weighted by molar-refractivity contribution is -0.118. The van der Waals surface area contributed by atoms with Gasteiger partial charge < -0.3 is 21.1 Å². The Morgan fingerprint density at radius 1 is 1.37 bits per heavy atom. The smallest absolute Gasteiger partial charge is 0.262 e. The number of hydrogen-bond acceptors (Lipinski definition) is 4. The predicted molar refractivity (Wildman–Crippen MR) is 73.1 cm³/mol. The van der Waals surface area contributed by atoms with E-state index in [2.05, 4.69) is 10.6 Å². The molecule has 0 saturated carbocycles. The molecule has 19 heavy (non-hydrogen) atoms. The highest BCUT2D eigenvalue weighted by molar-refractivity contribution is 5.95. The zero-order valence-electron chi connectivity index (χ0n) is 10.8. The summed E-state index contributed by atoms with van der Waals surface area (Å²) in [4.78, 5) is 11.3. The summed E-state index contributed by atoms with van der Waals surface area (Å²) in [6.45, 7) is 1.12. The minimum Gasteiger partial charge on any atom is -0.482 e. The minimum atomic E-state index is -0.117. The highest BCUT2D eigenvalue weighted by Crippen LogP contribution is 2.31. The molecule has 102 valence electrons. The first-order chi connectivity index (χ1) is 9.24. The second-order valence-electron chi connectivity index (χ2n) is 5.17. The van der Waals surface area contributed by atoms with Crippen molar-refractivity contribution >= 4 is 11.6 Å². The van der Waals surface area contributed by atoms with Gasteiger partial charge in [0.05, 0.1) is 5.69 Å². The van der Waals surface area contributed by atoms with E-state index in [1.807, 2.05) is 18.2 Å². The molecule has 1 saturated heterocycles. The van der Waals surface area contributed by atoms with Crippen molar-refractivity contribution in [2.45, 2.75) is 31.3 Å². The number of amides is 1. The quantitative estimate of drug-likeness (QED) is 0.746. The molecule has 2 aliphatic heterocycles. The lowest BCUT2D eigenvalue weighted by Crippen LogP contribution is -2.42. The van der Waals surface area contributed by atoms with Gasteiger partial charge in [0, 0.05) is 12.1 Å². The predicted octanol–water partition coefficient (Wildman–Crippen LogP) is 1.16. The SMILES string of the molecule is NC(c1ccc2c(c1)NC(=O)CO2)C1CCCCN1. The van der Waals surface area contributed by atoms with Gasteiger partial charge in [-0.2, -0.15) is 0 Å². The van der Waals surface area contributed by atoms with Crippen LogP contribution in [-0.2, 0) is 4.79 Å². The standard InChI is InChI=1S/C14H19N3O2/c15-14(10-3-1-2-6-16-10)9-4-5-12-11(7-9)17-13(18)8-19-12/h4-5,7,10,14,16H,1-3,6,8,15H2,(H,17,18). The Bertz CT molecular complexity index is 484. The van der Waals surface area contributed by atoms with E-state index in [1.165, 1.54) is 12.8 Å². The van der Waals surface area contributed by atoms with Crippen molar-refractivity contribution in [2.24, 2.45) is 5.73 Å². The fourth-order valence-electron chi connectivity index (χ4n) is 2.73. The third-order valence-corrected chi connectivity index (χ3v) is 3.80. The normalized spacial score (nSPS) is 24.1. The maximum absolute atomic E-state index is 11.3. The first-order valence-corrected chi connectivity index (χ1v) is 6.79. The number of benzene rings is 1. The molecule has 2 unspecified atom stereocenters. The molecular formula is C14H19N3O2. The van der Waals surface area contributed by atoms with Gasteiger partial charge in [0.15, 0.2) is 6.61 Å². The number of rotatable bonds is 2. The Morgan fingerprint density at radius 2 is 2.26 bits per heavy atom. The van der Waals surface area contributed by atoms with Gasteiger partial charge >= 0.3 is 0 Å². The van der Waals surface area contributed by atoms with Gasteiger partial charge in [-0.3, -0.25) is 4.79 Å². The molecule has 0 aliphatic carbocycles. The Balaban J connectivity index is 1.80. The second-order valence-corrected chi connectivity index (χ2v) is 5.17. The van der Waals surface area contributed by atoms with Crippen LogP contribution >= 0.6 is 0 Å². The minimum absolute atomic E-state index is 0.0515. The van der Waals surface area contributed by atoms with E-state index in [4.69, 9.17) is 10.5 Å². The first kappa shape index (κ1) is 12.4. The maximum Gasteiger partial charge on any atom is 0.262 e. The van der Waals surface area contributed by atoms with Gasteiger partial charge in [-0.1, -0.05) is 12.5 Å². The van der Waals surface area contributed by atoms with Crippen molar-refractivity contribution in [1.29, 1.82) is 0 Å². The Hall–Kier alpha value is -1.59. The Labute approximate surface area is 112 Å². The van der Waals surface area contributed by atoms with Crippen LogP contribution in [0.4, 0.5) is 5.69 Å². The highest BCUT2D eigenvalue weighted by atomic mass is 16.5. The number of carbonyl (C=O) groups is 1. The molecule has 2 aliphatic rings. The van der Waals surface area contributed by atoms with Crippen LogP contribution in [-0.4, -0.2) is 25.1 Å². The van der Waals surface area contributed by atoms with Crippen LogP contribution in [0.1, 0.15) is 30.9 Å². The molecule has 5 nitrogen and oxygen atoms in total. The average molecular weight is 261 g/mol. The fraction of sp³-hybridized carbons (Fsp3) is 0.500. The molecular weight excluding hydrogens is 242 g/mol. The summed E-state index contributed by atoms with van der Waals surface area (Å²) < 4.78 is 5.35. The zero-order valence-corrected chi connectivity index (χ0v) is 10.8. The first-order valence-electron chi connectivity index (χ1n) is 6.79. The van der Waals surface area contributed by atoms with E-state index in [1.54, 1.807) is 0 Å². The largest absolute Gasteiger partial charge is 0.482 e. The van der Waals surface area contributed by atoms with Crippen molar-refractivity contribution in [3.05, 3.63) is 23.8 Å². The fourth-order valence-corrected chi connectivity index (χ4v) is 2.73. The molecule has 0 aromatic heterocycles. The summed E-state index contributed by atoms with van der Waals surface area (Å²) in [5, 5.41) is 6.28. The number of hydrogen-bond donors (Lipinski definition) is 3. The number of nitrogens with one attached hydrogen (secondary N) is 2. The second kappa shape index (κ2) is 5.19. The molecule has 0 spiro atoms.